The fraction of sp³-hybridized carbons (Fsp3) is 0.867. The normalized spacial score (nSPS) is 40.6. The van der Waals surface area contributed by atoms with Crippen LogP contribution in [0.15, 0.2) is 0 Å². The van der Waals surface area contributed by atoms with Gasteiger partial charge < -0.3 is 15.3 Å². The monoisotopic (exact) mass is 280 g/mol. The Morgan fingerprint density at radius 1 is 1.20 bits per heavy atom. The van der Waals surface area contributed by atoms with Gasteiger partial charge in [0.15, 0.2) is 0 Å². The highest BCUT2D eigenvalue weighted by molar-refractivity contribution is 5.88. The van der Waals surface area contributed by atoms with Crippen LogP contribution in [0.25, 0.3) is 0 Å². The van der Waals surface area contributed by atoms with Crippen LogP contribution in [0, 0.1) is 17.8 Å². The summed E-state index contributed by atoms with van der Waals surface area (Å²) in [5.41, 5.74) is 0. The van der Waals surface area contributed by atoms with Crippen LogP contribution in [0.4, 0.5) is 0 Å². The molecule has 0 aromatic rings. The lowest BCUT2D eigenvalue weighted by Gasteiger charge is -2.34. The quantitative estimate of drug-likeness (QED) is 0.794. The minimum absolute atomic E-state index is 0.0130. The van der Waals surface area contributed by atoms with Crippen LogP contribution in [0.1, 0.15) is 39.0 Å². The summed E-state index contributed by atoms with van der Waals surface area (Å²) in [7, 11) is 0. The van der Waals surface area contributed by atoms with Crippen molar-refractivity contribution in [3.63, 3.8) is 0 Å². The molecule has 3 aliphatic rings. The third-order valence-corrected chi connectivity index (χ3v) is 5.46. The first kappa shape index (κ1) is 13.9. The number of amides is 1. The summed E-state index contributed by atoms with van der Waals surface area (Å²) in [4.78, 5) is 26.0. The van der Waals surface area contributed by atoms with E-state index in [9.17, 15) is 14.7 Å². The molecule has 1 aliphatic carbocycles. The Kier molecular flexibility index (Phi) is 3.71. The molecule has 5 heteroatoms. The summed E-state index contributed by atoms with van der Waals surface area (Å²) in [6.45, 7) is 3.59. The number of rotatable bonds is 2. The SMILES string of the molecule is CC1CCCNC1C(=O)N1CC2CCCC2C1C(=O)O. The lowest BCUT2D eigenvalue weighted by atomic mass is 9.91. The number of carboxylic acids is 1. The number of carboxylic acid groups (broad SMARTS) is 1. The molecule has 0 aromatic heterocycles. The van der Waals surface area contributed by atoms with Crippen LogP contribution < -0.4 is 5.32 Å². The van der Waals surface area contributed by atoms with Gasteiger partial charge in [0.2, 0.25) is 5.91 Å². The van der Waals surface area contributed by atoms with E-state index < -0.39 is 12.0 Å². The van der Waals surface area contributed by atoms with Gasteiger partial charge in [0.1, 0.15) is 6.04 Å². The molecule has 0 aromatic carbocycles. The molecule has 112 valence electrons. The average Bonchev–Trinajstić information content (AvgIpc) is 2.97. The summed E-state index contributed by atoms with van der Waals surface area (Å²) in [5.74, 6) is 0.0654. The van der Waals surface area contributed by atoms with Crippen LogP contribution >= 0.6 is 0 Å². The Morgan fingerprint density at radius 2 is 2.00 bits per heavy atom. The molecule has 2 heterocycles. The van der Waals surface area contributed by atoms with E-state index >= 15 is 0 Å². The largest absolute Gasteiger partial charge is 0.480 e. The summed E-state index contributed by atoms with van der Waals surface area (Å²) >= 11 is 0. The second kappa shape index (κ2) is 5.35. The first-order valence-electron chi connectivity index (χ1n) is 7.86. The van der Waals surface area contributed by atoms with Crippen molar-refractivity contribution in [3.05, 3.63) is 0 Å². The lowest BCUT2D eigenvalue weighted by Crippen LogP contribution is -2.55. The van der Waals surface area contributed by atoms with Crippen molar-refractivity contribution in [2.45, 2.75) is 51.1 Å². The van der Waals surface area contributed by atoms with Gasteiger partial charge in [-0.3, -0.25) is 4.79 Å². The van der Waals surface area contributed by atoms with Crippen molar-refractivity contribution in [2.75, 3.05) is 13.1 Å². The Bertz CT molecular complexity index is 412. The first-order valence-corrected chi connectivity index (χ1v) is 7.86. The van der Waals surface area contributed by atoms with E-state index in [0.717, 1.165) is 38.6 Å². The maximum atomic E-state index is 12.8. The Morgan fingerprint density at radius 3 is 2.70 bits per heavy atom. The molecular weight excluding hydrogens is 256 g/mol. The second-order valence-corrected chi connectivity index (χ2v) is 6.68. The molecule has 2 aliphatic heterocycles. The zero-order valence-electron chi connectivity index (χ0n) is 12.0. The molecule has 0 spiro atoms. The molecule has 0 radical (unpaired) electrons. The van der Waals surface area contributed by atoms with Crippen molar-refractivity contribution in [1.29, 1.82) is 0 Å². The number of nitrogens with one attached hydrogen (secondary N) is 1. The van der Waals surface area contributed by atoms with Crippen LogP contribution in [0.2, 0.25) is 0 Å². The number of fused-ring (bicyclic) bond motifs is 1. The standard InChI is InChI=1S/C15H24N2O3/c1-9-4-3-7-16-12(9)14(18)17-8-10-5-2-6-11(10)13(17)15(19)20/h9-13,16H,2-8H2,1H3,(H,19,20). The molecule has 3 rings (SSSR count). The van der Waals surface area contributed by atoms with E-state index in [-0.39, 0.29) is 17.9 Å². The minimum atomic E-state index is -0.823. The van der Waals surface area contributed by atoms with Gasteiger partial charge in [-0.25, -0.2) is 4.79 Å². The molecule has 1 saturated carbocycles. The highest BCUT2D eigenvalue weighted by Crippen LogP contribution is 2.42. The number of carbonyl (C=O) groups is 2. The van der Waals surface area contributed by atoms with Gasteiger partial charge in [0.25, 0.3) is 0 Å². The van der Waals surface area contributed by atoms with Gasteiger partial charge in [0, 0.05) is 6.54 Å². The van der Waals surface area contributed by atoms with Gasteiger partial charge in [0.05, 0.1) is 6.04 Å². The average molecular weight is 280 g/mol. The number of aliphatic carboxylic acids is 1. The molecule has 5 nitrogen and oxygen atoms in total. The smallest absolute Gasteiger partial charge is 0.326 e. The predicted molar refractivity (Wildman–Crippen MR) is 74.2 cm³/mol. The van der Waals surface area contributed by atoms with E-state index in [4.69, 9.17) is 0 Å². The third kappa shape index (κ3) is 2.22. The summed E-state index contributed by atoms with van der Waals surface area (Å²) < 4.78 is 0. The number of hydrogen-bond acceptors (Lipinski definition) is 3. The Labute approximate surface area is 119 Å². The van der Waals surface area contributed by atoms with Crippen molar-refractivity contribution in [3.8, 4) is 0 Å². The molecule has 5 atom stereocenters. The molecule has 3 fully saturated rings. The summed E-state index contributed by atoms with van der Waals surface area (Å²) in [5, 5.41) is 12.8. The highest BCUT2D eigenvalue weighted by Gasteiger charge is 2.50. The van der Waals surface area contributed by atoms with Crippen LogP contribution in [-0.2, 0) is 9.59 Å². The minimum Gasteiger partial charge on any atom is -0.480 e. The van der Waals surface area contributed by atoms with Crippen LogP contribution in [0.3, 0.4) is 0 Å². The second-order valence-electron chi connectivity index (χ2n) is 6.68. The number of hydrogen-bond donors (Lipinski definition) is 2. The van der Waals surface area contributed by atoms with Crippen LogP contribution in [0.5, 0.6) is 0 Å². The van der Waals surface area contributed by atoms with Crippen LogP contribution in [-0.4, -0.2) is 47.1 Å². The van der Waals surface area contributed by atoms with E-state index in [1.165, 1.54) is 0 Å². The molecule has 2 N–H and O–H groups in total. The van der Waals surface area contributed by atoms with E-state index in [2.05, 4.69) is 12.2 Å². The van der Waals surface area contributed by atoms with Crippen molar-refractivity contribution >= 4 is 11.9 Å². The summed E-state index contributed by atoms with van der Waals surface area (Å²) in [6.07, 6.45) is 5.28. The number of likely N-dealkylation sites (tertiary alicyclic amines) is 1. The van der Waals surface area contributed by atoms with E-state index in [0.29, 0.717) is 18.4 Å². The third-order valence-electron chi connectivity index (χ3n) is 5.46. The Balaban J connectivity index is 1.78. The highest BCUT2D eigenvalue weighted by atomic mass is 16.4. The molecule has 1 amide bonds. The molecular formula is C15H24N2O3. The van der Waals surface area contributed by atoms with Gasteiger partial charge in [-0.1, -0.05) is 13.3 Å². The van der Waals surface area contributed by atoms with Crippen molar-refractivity contribution < 1.29 is 14.7 Å². The first-order chi connectivity index (χ1) is 9.59. The molecule has 0 bridgehead atoms. The van der Waals surface area contributed by atoms with Gasteiger partial charge in [-0.15, -0.1) is 0 Å². The van der Waals surface area contributed by atoms with Gasteiger partial charge >= 0.3 is 5.97 Å². The number of carbonyl (C=O) groups excluding carboxylic acids is 1. The maximum absolute atomic E-state index is 12.8. The Hall–Kier alpha value is -1.10. The zero-order valence-corrected chi connectivity index (χ0v) is 12.0. The summed E-state index contributed by atoms with van der Waals surface area (Å²) in [6, 6.07) is -0.782. The van der Waals surface area contributed by atoms with Gasteiger partial charge in [-0.2, -0.15) is 0 Å². The molecule has 2 saturated heterocycles. The number of piperidine rings is 1. The van der Waals surface area contributed by atoms with E-state index in [1.54, 1.807) is 4.90 Å². The lowest BCUT2D eigenvalue weighted by molar-refractivity contribution is -0.151. The predicted octanol–water partition coefficient (Wildman–Crippen LogP) is 1.09. The van der Waals surface area contributed by atoms with E-state index in [1.807, 2.05) is 0 Å². The fourth-order valence-electron chi connectivity index (χ4n) is 4.41. The molecule has 5 unspecified atom stereocenters. The van der Waals surface area contributed by atoms with Crippen molar-refractivity contribution in [1.82, 2.24) is 10.2 Å². The zero-order chi connectivity index (χ0) is 14.3. The number of nitrogens with zero attached hydrogens (tertiary/aromatic N) is 1. The molecule has 20 heavy (non-hydrogen) atoms. The van der Waals surface area contributed by atoms with Crippen molar-refractivity contribution in [2.24, 2.45) is 17.8 Å². The topological polar surface area (TPSA) is 69.6 Å². The fourth-order valence-corrected chi connectivity index (χ4v) is 4.41. The van der Waals surface area contributed by atoms with Gasteiger partial charge in [-0.05, 0) is 50.0 Å². The maximum Gasteiger partial charge on any atom is 0.326 e.